The molecule has 1 aliphatic heterocycles. The summed E-state index contributed by atoms with van der Waals surface area (Å²) in [6.07, 6.45) is 4.66. The Morgan fingerprint density at radius 3 is 2.36 bits per heavy atom. The second-order valence-corrected chi connectivity index (χ2v) is 2.27. The summed E-state index contributed by atoms with van der Waals surface area (Å²) in [6.45, 7) is 1.97. The Balaban J connectivity index is 0.000000249. The van der Waals surface area contributed by atoms with Gasteiger partial charge in [0.15, 0.2) is 0 Å². The predicted octanol–water partition coefficient (Wildman–Crippen LogP) is -2.17. The summed E-state index contributed by atoms with van der Waals surface area (Å²) >= 11 is 0. The van der Waals surface area contributed by atoms with Crippen LogP contribution < -0.4 is 10.4 Å². The molecule has 0 aliphatic carbocycles. The number of aliphatic carboxylic acids is 2. The topological polar surface area (TPSA) is 106 Å². The van der Waals surface area contributed by atoms with E-state index in [0.717, 1.165) is 5.84 Å². The van der Waals surface area contributed by atoms with Gasteiger partial charge in [0.05, 0.1) is 12.2 Å². The number of rotatable bonds is 2. The molecule has 0 aromatic heterocycles. The number of carbonyl (C=O) groups excluding carboxylic acids is 1. The van der Waals surface area contributed by atoms with E-state index in [1.165, 1.54) is 0 Å². The van der Waals surface area contributed by atoms with Crippen molar-refractivity contribution in [3.8, 4) is 0 Å². The average Bonchev–Trinajstić information content (AvgIpc) is 2.53. The summed E-state index contributed by atoms with van der Waals surface area (Å²) in [5.41, 5.74) is 0. The van der Waals surface area contributed by atoms with Gasteiger partial charge < -0.3 is 15.0 Å². The highest BCUT2D eigenvalue weighted by Gasteiger charge is 1.92. The number of carboxylic acids is 2. The van der Waals surface area contributed by atoms with Crippen molar-refractivity contribution in [2.24, 2.45) is 4.99 Å². The van der Waals surface area contributed by atoms with E-state index >= 15 is 0 Å². The van der Waals surface area contributed by atoms with Gasteiger partial charge in [-0.3, -0.25) is 5.32 Å². The second-order valence-electron chi connectivity index (χ2n) is 2.27. The SMILES string of the molecule is CC1=NC=C[NH2+]1.O=C([O-])/C=C\C(=O)O. The van der Waals surface area contributed by atoms with Crippen LogP contribution in [-0.4, -0.2) is 22.9 Å². The van der Waals surface area contributed by atoms with Gasteiger partial charge in [0.1, 0.15) is 6.20 Å². The normalized spacial score (nSPS) is 13.4. The molecule has 76 valence electrons. The van der Waals surface area contributed by atoms with Crippen molar-refractivity contribution in [1.82, 2.24) is 0 Å². The third-order valence-electron chi connectivity index (χ3n) is 1.06. The van der Waals surface area contributed by atoms with Gasteiger partial charge in [-0.15, -0.1) is 0 Å². The molecule has 6 nitrogen and oxygen atoms in total. The zero-order valence-electron chi connectivity index (χ0n) is 7.51. The Bertz CT molecular complexity index is 288. The van der Waals surface area contributed by atoms with Gasteiger partial charge in [-0.05, 0) is 6.08 Å². The van der Waals surface area contributed by atoms with Gasteiger partial charge in [0, 0.05) is 13.0 Å². The Labute approximate surface area is 80.3 Å². The molecule has 1 heterocycles. The van der Waals surface area contributed by atoms with E-state index in [9.17, 15) is 14.7 Å². The summed E-state index contributed by atoms with van der Waals surface area (Å²) in [5.74, 6) is -1.71. The first-order valence-corrected chi connectivity index (χ1v) is 3.68. The molecule has 0 aromatic carbocycles. The number of hydrogen-bond donors (Lipinski definition) is 2. The number of nitrogens with two attached hydrogens (primary N) is 1. The van der Waals surface area contributed by atoms with Gasteiger partial charge in [0.2, 0.25) is 5.84 Å². The van der Waals surface area contributed by atoms with Crippen LogP contribution in [0.15, 0.2) is 29.5 Å². The van der Waals surface area contributed by atoms with Gasteiger partial charge in [-0.2, -0.15) is 0 Å². The molecule has 0 radical (unpaired) electrons. The van der Waals surface area contributed by atoms with Crippen LogP contribution in [0.5, 0.6) is 0 Å². The number of carboxylic acid groups (broad SMARTS) is 2. The fourth-order valence-corrected chi connectivity index (χ4v) is 0.525. The van der Waals surface area contributed by atoms with Gasteiger partial charge in [-0.1, -0.05) is 0 Å². The molecule has 6 heteroatoms. The zero-order chi connectivity index (χ0) is 11.0. The number of aliphatic imine (C=N–C) groups is 1. The van der Waals surface area contributed by atoms with E-state index in [-0.39, 0.29) is 0 Å². The first-order valence-electron chi connectivity index (χ1n) is 3.68. The first-order chi connectivity index (χ1) is 6.52. The Kier molecular flexibility index (Phi) is 5.64. The molecule has 0 atom stereocenters. The lowest BCUT2D eigenvalue weighted by Gasteiger charge is -1.85. The molecule has 0 bridgehead atoms. The highest BCUT2D eigenvalue weighted by Crippen LogP contribution is 1.72. The molecule has 1 aliphatic rings. The second kappa shape index (κ2) is 6.55. The number of quaternary nitrogens is 1. The van der Waals surface area contributed by atoms with E-state index < -0.39 is 11.9 Å². The van der Waals surface area contributed by atoms with Crippen LogP contribution in [0.4, 0.5) is 0 Å². The van der Waals surface area contributed by atoms with Crippen LogP contribution in [0.3, 0.4) is 0 Å². The van der Waals surface area contributed by atoms with Crippen molar-refractivity contribution in [3.63, 3.8) is 0 Å². The quantitative estimate of drug-likeness (QED) is 0.492. The molecule has 0 saturated carbocycles. The maximum Gasteiger partial charge on any atom is 0.328 e. The molecular formula is C8H10N2O4. The summed E-state index contributed by atoms with van der Waals surface area (Å²) in [4.78, 5) is 22.9. The summed E-state index contributed by atoms with van der Waals surface area (Å²) in [5, 5.41) is 19.2. The smallest absolute Gasteiger partial charge is 0.328 e. The van der Waals surface area contributed by atoms with Crippen molar-refractivity contribution in [2.75, 3.05) is 0 Å². The van der Waals surface area contributed by atoms with Gasteiger partial charge >= 0.3 is 5.97 Å². The summed E-state index contributed by atoms with van der Waals surface area (Å²) in [7, 11) is 0. The van der Waals surface area contributed by atoms with Crippen molar-refractivity contribution in [3.05, 3.63) is 24.6 Å². The lowest BCUT2D eigenvalue weighted by Crippen LogP contribution is -2.79. The standard InChI is InChI=1S/C4H6N2.C4H4O4/c1-4-5-2-3-6-4;5-3(6)1-2-4(7)8/h2-3H,1H3,(H,5,6);1-2H,(H,5,6)(H,7,8)/b;2-1-. The molecule has 0 aromatic rings. The van der Waals surface area contributed by atoms with Crippen molar-refractivity contribution < 1.29 is 25.1 Å². The van der Waals surface area contributed by atoms with Gasteiger partial charge in [0.25, 0.3) is 0 Å². The average molecular weight is 198 g/mol. The number of carbonyl (C=O) groups is 2. The van der Waals surface area contributed by atoms with Gasteiger partial charge in [-0.25, -0.2) is 9.79 Å². The van der Waals surface area contributed by atoms with Crippen molar-refractivity contribution >= 4 is 17.8 Å². The monoisotopic (exact) mass is 198 g/mol. The van der Waals surface area contributed by atoms with Crippen LogP contribution >= 0.6 is 0 Å². The van der Waals surface area contributed by atoms with Crippen LogP contribution in [0.25, 0.3) is 0 Å². The third kappa shape index (κ3) is 8.15. The molecule has 0 fully saturated rings. The molecule has 0 saturated heterocycles. The molecule has 3 N–H and O–H groups in total. The third-order valence-corrected chi connectivity index (χ3v) is 1.06. The molecular weight excluding hydrogens is 188 g/mol. The summed E-state index contributed by atoms with van der Waals surface area (Å²) < 4.78 is 0. The zero-order valence-corrected chi connectivity index (χ0v) is 7.51. The minimum Gasteiger partial charge on any atom is -0.545 e. The number of nitrogens with zero attached hydrogens (tertiary/aromatic N) is 1. The van der Waals surface area contributed by atoms with Crippen LogP contribution in [-0.2, 0) is 9.59 Å². The fraction of sp³-hybridized carbons (Fsp3) is 0.125. The molecule has 14 heavy (non-hydrogen) atoms. The highest BCUT2D eigenvalue weighted by molar-refractivity contribution is 5.88. The highest BCUT2D eigenvalue weighted by atomic mass is 16.4. The van der Waals surface area contributed by atoms with E-state index in [0.29, 0.717) is 12.2 Å². The summed E-state index contributed by atoms with van der Waals surface area (Å²) in [6, 6.07) is 0. The van der Waals surface area contributed by atoms with E-state index in [2.05, 4.69) is 4.99 Å². The number of hydrogen-bond acceptors (Lipinski definition) is 4. The molecule has 0 spiro atoms. The Morgan fingerprint density at radius 1 is 1.57 bits per heavy atom. The maximum absolute atomic E-state index is 9.53. The first kappa shape index (κ1) is 12.0. The maximum atomic E-state index is 9.53. The van der Waals surface area contributed by atoms with E-state index in [4.69, 9.17) is 5.11 Å². The van der Waals surface area contributed by atoms with Crippen LogP contribution in [0, 0.1) is 0 Å². The lowest BCUT2D eigenvalue weighted by molar-refractivity contribution is -0.458. The minimum atomic E-state index is -1.51. The Hall–Kier alpha value is -1.95. The van der Waals surface area contributed by atoms with Crippen LogP contribution in [0.1, 0.15) is 6.92 Å². The van der Waals surface area contributed by atoms with Crippen molar-refractivity contribution in [2.45, 2.75) is 6.92 Å². The predicted molar refractivity (Wildman–Crippen MR) is 46.0 cm³/mol. The molecule has 0 amide bonds. The van der Waals surface area contributed by atoms with Crippen molar-refractivity contribution in [1.29, 1.82) is 0 Å². The van der Waals surface area contributed by atoms with E-state index in [1.807, 2.05) is 18.4 Å². The minimum absolute atomic E-state index is 0.447. The largest absolute Gasteiger partial charge is 0.545 e. The molecule has 0 unspecified atom stereocenters. The van der Waals surface area contributed by atoms with Crippen LogP contribution in [0.2, 0.25) is 0 Å². The molecule has 1 rings (SSSR count). The Morgan fingerprint density at radius 2 is 2.21 bits per heavy atom. The fourth-order valence-electron chi connectivity index (χ4n) is 0.525. The lowest BCUT2D eigenvalue weighted by atomic mass is 10.5. The number of amidine groups is 1. The van der Waals surface area contributed by atoms with E-state index in [1.54, 1.807) is 6.20 Å².